The molecule has 0 saturated heterocycles. The number of hydrogen-bond donors (Lipinski definition) is 2. The van der Waals surface area contributed by atoms with Crippen LogP contribution in [-0.4, -0.2) is 40.4 Å². The molecule has 0 atom stereocenters. The number of hydrogen-bond acceptors (Lipinski definition) is 4. The number of rotatable bonds is 5. The van der Waals surface area contributed by atoms with Crippen LogP contribution in [0.2, 0.25) is 0 Å². The second-order valence-electron chi connectivity index (χ2n) is 6.71. The van der Waals surface area contributed by atoms with E-state index < -0.39 is 0 Å². The van der Waals surface area contributed by atoms with Crippen LogP contribution in [0, 0.1) is 0 Å². The van der Waals surface area contributed by atoms with Gasteiger partial charge in [0, 0.05) is 42.9 Å². The first-order valence-corrected chi connectivity index (χ1v) is 9.12. The van der Waals surface area contributed by atoms with Gasteiger partial charge in [0.05, 0.1) is 12.8 Å². The van der Waals surface area contributed by atoms with Crippen molar-refractivity contribution >= 4 is 6.08 Å². The summed E-state index contributed by atoms with van der Waals surface area (Å²) < 4.78 is 5.16. The maximum atomic E-state index is 9.69. The molecule has 0 spiro atoms. The van der Waals surface area contributed by atoms with Gasteiger partial charge in [-0.3, -0.25) is 10.00 Å². The van der Waals surface area contributed by atoms with E-state index in [1.54, 1.807) is 13.2 Å². The first kappa shape index (κ1) is 17.4. The lowest BCUT2D eigenvalue weighted by atomic mass is 10.0. The molecule has 2 aromatic carbocycles. The zero-order chi connectivity index (χ0) is 18.6. The van der Waals surface area contributed by atoms with E-state index in [1.165, 1.54) is 11.3 Å². The molecule has 0 aliphatic carbocycles. The van der Waals surface area contributed by atoms with Crippen molar-refractivity contribution in [1.29, 1.82) is 0 Å². The molecular weight excluding hydrogens is 338 g/mol. The third-order valence-corrected chi connectivity index (χ3v) is 4.94. The van der Waals surface area contributed by atoms with Crippen molar-refractivity contribution in [1.82, 2.24) is 15.1 Å². The smallest absolute Gasteiger partial charge is 0.161 e. The monoisotopic (exact) mass is 361 g/mol. The SMILES string of the molecule is COc1cc(C=CCN2CCc3[nH]nc(-c4ccccc4)c3C2)ccc1O. The molecular formula is C22H23N3O2. The van der Waals surface area contributed by atoms with Gasteiger partial charge in [0.15, 0.2) is 11.5 Å². The number of ether oxygens (including phenoxy) is 1. The number of H-pyrrole nitrogens is 1. The normalized spacial score (nSPS) is 14.4. The fourth-order valence-electron chi connectivity index (χ4n) is 3.48. The molecule has 0 radical (unpaired) electrons. The topological polar surface area (TPSA) is 61.4 Å². The number of nitrogens with zero attached hydrogens (tertiary/aromatic N) is 2. The van der Waals surface area contributed by atoms with Gasteiger partial charge in [-0.15, -0.1) is 0 Å². The minimum atomic E-state index is 0.159. The van der Waals surface area contributed by atoms with Gasteiger partial charge in [0.25, 0.3) is 0 Å². The van der Waals surface area contributed by atoms with E-state index in [2.05, 4.69) is 39.4 Å². The molecule has 0 fully saturated rings. The second kappa shape index (κ2) is 7.68. The van der Waals surface area contributed by atoms with Crippen molar-refractivity contribution in [3.63, 3.8) is 0 Å². The van der Waals surface area contributed by atoms with Crippen molar-refractivity contribution in [3.8, 4) is 22.8 Å². The lowest BCUT2D eigenvalue weighted by Gasteiger charge is -2.25. The minimum absolute atomic E-state index is 0.159. The highest BCUT2D eigenvalue weighted by molar-refractivity contribution is 5.64. The number of methoxy groups -OCH3 is 1. The molecule has 0 bridgehead atoms. The zero-order valence-corrected chi connectivity index (χ0v) is 15.4. The largest absolute Gasteiger partial charge is 0.504 e. The van der Waals surface area contributed by atoms with Crippen molar-refractivity contribution < 1.29 is 9.84 Å². The third-order valence-electron chi connectivity index (χ3n) is 4.94. The molecule has 27 heavy (non-hydrogen) atoms. The van der Waals surface area contributed by atoms with Crippen LogP contribution in [0.25, 0.3) is 17.3 Å². The summed E-state index contributed by atoms with van der Waals surface area (Å²) in [4.78, 5) is 2.42. The number of fused-ring (bicyclic) bond motifs is 1. The van der Waals surface area contributed by atoms with Crippen molar-refractivity contribution in [3.05, 3.63) is 71.4 Å². The predicted octanol–water partition coefficient (Wildman–Crippen LogP) is 3.86. The third kappa shape index (κ3) is 3.73. The zero-order valence-electron chi connectivity index (χ0n) is 15.4. The van der Waals surface area contributed by atoms with Crippen LogP contribution in [0.5, 0.6) is 11.5 Å². The number of aromatic amines is 1. The summed E-state index contributed by atoms with van der Waals surface area (Å²) >= 11 is 0. The Balaban J connectivity index is 1.45. The molecule has 0 unspecified atom stereocenters. The van der Waals surface area contributed by atoms with E-state index in [0.717, 1.165) is 42.9 Å². The van der Waals surface area contributed by atoms with Gasteiger partial charge >= 0.3 is 0 Å². The number of phenols is 1. The van der Waals surface area contributed by atoms with Crippen LogP contribution in [0.1, 0.15) is 16.8 Å². The van der Waals surface area contributed by atoms with Gasteiger partial charge < -0.3 is 9.84 Å². The molecule has 0 amide bonds. The summed E-state index contributed by atoms with van der Waals surface area (Å²) in [6.45, 7) is 2.76. The first-order chi connectivity index (χ1) is 13.2. The molecule has 1 aromatic heterocycles. The van der Waals surface area contributed by atoms with Crippen LogP contribution >= 0.6 is 0 Å². The van der Waals surface area contributed by atoms with E-state index >= 15 is 0 Å². The lowest BCUT2D eigenvalue weighted by molar-refractivity contribution is 0.281. The molecule has 5 nitrogen and oxygen atoms in total. The van der Waals surface area contributed by atoms with Gasteiger partial charge in [0.2, 0.25) is 0 Å². The molecule has 2 N–H and O–H groups in total. The average molecular weight is 361 g/mol. The number of aromatic nitrogens is 2. The number of phenolic OH excluding ortho intramolecular Hbond substituents is 1. The average Bonchev–Trinajstić information content (AvgIpc) is 3.13. The van der Waals surface area contributed by atoms with Gasteiger partial charge in [-0.25, -0.2) is 0 Å². The Bertz CT molecular complexity index is 947. The first-order valence-electron chi connectivity index (χ1n) is 9.12. The maximum Gasteiger partial charge on any atom is 0.161 e. The van der Waals surface area contributed by atoms with Crippen molar-refractivity contribution in [2.75, 3.05) is 20.2 Å². The summed E-state index contributed by atoms with van der Waals surface area (Å²) in [7, 11) is 1.56. The van der Waals surface area contributed by atoms with E-state index in [4.69, 9.17) is 4.74 Å². The molecule has 1 aliphatic heterocycles. The van der Waals surface area contributed by atoms with Crippen LogP contribution < -0.4 is 4.74 Å². The Hall–Kier alpha value is -3.05. The fourth-order valence-corrected chi connectivity index (χ4v) is 3.48. The standard InChI is InChI=1S/C22H23N3O2/c1-27-21-14-16(9-10-20(21)26)6-5-12-25-13-11-19-18(15-25)22(24-23-19)17-7-3-2-4-8-17/h2-10,14,26H,11-13,15H2,1H3,(H,23,24). The van der Waals surface area contributed by atoms with Crippen LogP contribution in [0.3, 0.4) is 0 Å². The van der Waals surface area contributed by atoms with Gasteiger partial charge in [0.1, 0.15) is 0 Å². The van der Waals surface area contributed by atoms with E-state index in [0.29, 0.717) is 5.75 Å². The van der Waals surface area contributed by atoms with Gasteiger partial charge in [-0.1, -0.05) is 48.6 Å². The summed E-state index contributed by atoms with van der Waals surface area (Å²) in [6.07, 6.45) is 5.19. The summed E-state index contributed by atoms with van der Waals surface area (Å²) in [6, 6.07) is 15.7. The van der Waals surface area contributed by atoms with E-state index in [1.807, 2.05) is 30.3 Å². The van der Waals surface area contributed by atoms with Crippen molar-refractivity contribution in [2.45, 2.75) is 13.0 Å². The summed E-state index contributed by atoms with van der Waals surface area (Å²) in [5.41, 5.74) is 5.77. The summed E-state index contributed by atoms with van der Waals surface area (Å²) in [5, 5.41) is 17.5. The number of aromatic hydroxyl groups is 1. The van der Waals surface area contributed by atoms with Crippen LogP contribution in [0.15, 0.2) is 54.6 Å². The molecule has 4 rings (SSSR count). The van der Waals surface area contributed by atoms with Gasteiger partial charge in [-0.2, -0.15) is 5.10 Å². The predicted molar refractivity (Wildman–Crippen MR) is 107 cm³/mol. The molecule has 5 heteroatoms. The molecule has 1 aliphatic rings. The highest BCUT2D eigenvalue weighted by Crippen LogP contribution is 2.29. The lowest BCUT2D eigenvalue weighted by Crippen LogP contribution is -2.30. The molecule has 2 heterocycles. The Morgan fingerprint density at radius 1 is 1.22 bits per heavy atom. The van der Waals surface area contributed by atoms with Crippen LogP contribution in [-0.2, 0) is 13.0 Å². The van der Waals surface area contributed by atoms with Crippen molar-refractivity contribution in [2.24, 2.45) is 0 Å². The highest BCUT2D eigenvalue weighted by atomic mass is 16.5. The maximum absolute atomic E-state index is 9.69. The Morgan fingerprint density at radius 3 is 2.89 bits per heavy atom. The van der Waals surface area contributed by atoms with E-state index in [9.17, 15) is 5.11 Å². The summed E-state index contributed by atoms with van der Waals surface area (Å²) in [5.74, 6) is 0.650. The Kier molecular flexibility index (Phi) is 4.94. The fraction of sp³-hybridized carbons (Fsp3) is 0.227. The molecule has 3 aromatic rings. The Morgan fingerprint density at radius 2 is 2.07 bits per heavy atom. The van der Waals surface area contributed by atoms with Gasteiger partial charge in [-0.05, 0) is 17.7 Å². The Labute approximate surface area is 158 Å². The van der Waals surface area contributed by atoms with Crippen LogP contribution in [0.4, 0.5) is 0 Å². The number of benzene rings is 2. The molecule has 138 valence electrons. The highest BCUT2D eigenvalue weighted by Gasteiger charge is 2.21. The molecule has 0 saturated carbocycles. The van der Waals surface area contributed by atoms with E-state index in [-0.39, 0.29) is 5.75 Å². The number of nitrogens with one attached hydrogen (secondary N) is 1. The quantitative estimate of drug-likeness (QED) is 0.724. The minimum Gasteiger partial charge on any atom is -0.504 e. The second-order valence-corrected chi connectivity index (χ2v) is 6.71.